The molecule has 0 heterocycles. The van der Waals surface area contributed by atoms with E-state index in [9.17, 15) is 19.8 Å². The van der Waals surface area contributed by atoms with Crippen LogP contribution < -0.4 is 5.32 Å². The lowest BCUT2D eigenvalue weighted by atomic mass is 10.0. The van der Waals surface area contributed by atoms with Crippen molar-refractivity contribution in [2.75, 3.05) is 13.2 Å². The molecule has 0 rings (SSSR count). The molecule has 6 heteroatoms. The highest BCUT2D eigenvalue weighted by Crippen LogP contribution is 2.20. The van der Waals surface area contributed by atoms with E-state index in [0.717, 1.165) is 38.5 Å². The van der Waals surface area contributed by atoms with Crippen LogP contribution in [0.25, 0.3) is 0 Å². The number of amides is 1. The van der Waals surface area contributed by atoms with E-state index in [1.54, 1.807) is 6.08 Å². The van der Waals surface area contributed by atoms with Crippen molar-refractivity contribution < 1.29 is 24.5 Å². The fraction of sp³-hybridized carbons (Fsp3) is 0.948. The zero-order chi connectivity index (χ0) is 59.9. The Morgan fingerprint density at radius 2 is 0.554 bits per heavy atom. The Morgan fingerprint density at radius 3 is 0.819 bits per heavy atom. The van der Waals surface area contributed by atoms with Gasteiger partial charge in [-0.15, -0.1) is 0 Å². The highest BCUT2D eigenvalue weighted by Gasteiger charge is 2.18. The third-order valence-corrected chi connectivity index (χ3v) is 18.3. The Hall–Kier alpha value is -1.40. The van der Waals surface area contributed by atoms with Crippen LogP contribution in [-0.2, 0) is 14.3 Å². The molecule has 2 unspecified atom stereocenters. The highest BCUT2D eigenvalue weighted by molar-refractivity contribution is 5.76. The van der Waals surface area contributed by atoms with Crippen molar-refractivity contribution in [2.24, 2.45) is 0 Å². The van der Waals surface area contributed by atoms with Gasteiger partial charge in [0.25, 0.3) is 0 Å². The van der Waals surface area contributed by atoms with Crippen molar-refractivity contribution in [2.45, 2.75) is 456 Å². The number of esters is 1. The first kappa shape index (κ1) is 81.6. The first-order valence-corrected chi connectivity index (χ1v) is 38.5. The van der Waals surface area contributed by atoms with Gasteiger partial charge in [0, 0.05) is 12.8 Å². The Morgan fingerprint density at radius 1 is 0.325 bits per heavy atom. The maximum Gasteiger partial charge on any atom is 0.305 e. The molecule has 1 amide bonds. The van der Waals surface area contributed by atoms with Gasteiger partial charge in [0.15, 0.2) is 0 Å². The topological polar surface area (TPSA) is 95.9 Å². The van der Waals surface area contributed by atoms with E-state index < -0.39 is 12.1 Å². The zero-order valence-corrected chi connectivity index (χ0v) is 56.7. The number of carbonyl (C=O) groups is 2. The van der Waals surface area contributed by atoms with Crippen LogP contribution in [0.1, 0.15) is 444 Å². The Labute approximate surface area is 520 Å². The number of hydrogen-bond donors (Lipinski definition) is 3. The summed E-state index contributed by atoms with van der Waals surface area (Å²) in [4.78, 5) is 24.6. The lowest BCUT2D eigenvalue weighted by Crippen LogP contribution is -2.45. The Bertz CT molecular complexity index is 1260. The van der Waals surface area contributed by atoms with Crippen molar-refractivity contribution in [1.29, 1.82) is 0 Å². The van der Waals surface area contributed by atoms with Crippen molar-refractivity contribution in [3.8, 4) is 0 Å². The van der Waals surface area contributed by atoms with Crippen LogP contribution in [0.15, 0.2) is 12.2 Å². The first-order chi connectivity index (χ1) is 41.0. The van der Waals surface area contributed by atoms with E-state index in [2.05, 4.69) is 19.2 Å². The lowest BCUT2D eigenvalue weighted by molar-refractivity contribution is -0.143. The van der Waals surface area contributed by atoms with Gasteiger partial charge in [-0.2, -0.15) is 0 Å². The molecule has 0 fully saturated rings. The zero-order valence-electron chi connectivity index (χ0n) is 56.7. The van der Waals surface area contributed by atoms with Crippen molar-refractivity contribution in [3.63, 3.8) is 0 Å². The summed E-state index contributed by atoms with van der Waals surface area (Å²) in [6.07, 6.45) is 91.8. The van der Waals surface area contributed by atoms with Gasteiger partial charge in [-0.3, -0.25) is 9.59 Å². The second-order valence-corrected chi connectivity index (χ2v) is 26.7. The SMILES string of the molecule is CCCCCCCCCCCCCCCCCC/C=C/C(O)C(CO)NC(=O)CCCCCCCCCCCCCCCCCCCCCCCCCCCCCCCCCCCOC(=O)CCCCCCCCCCCCCCCCC. The van der Waals surface area contributed by atoms with Gasteiger partial charge in [0.1, 0.15) is 0 Å². The molecule has 0 aliphatic carbocycles. The number of nitrogens with one attached hydrogen (secondary N) is 1. The van der Waals surface area contributed by atoms with Gasteiger partial charge in [0.05, 0.1) is 25.4 Å². The van der Waals surface area contributed by atoms with Gasteiger partial charge in [-0.05, 0) is 32.1 Å². The number of unbranched alkanes of at least 4 members (excludes halogenated alkanes) is 62. The molecule has 494 valence electrons. The minimum atomic E-state index is -0.841. The summed E-state index contributed by atoms with van der Waals surface area (Å²) in [6, 6.07) is -0.624. The molecule has 83 heavy (non-hydrogen) atoms. The van der Waals surface area contributed by atoms with Crippen molar-refractivity contribution in [3.05, 3.63) is 12.2 Å². The van der Waals surface area contributed by atoms with Gasteiger partial charge in [-0.1, -0.05) is 411 Å². The van der Waals surface area contributed by atoms with E-state index in [0.29, 0.717) is 19.4 Å². The van der Waals surface area contributed by atoms with Crippen molar-refractivity contribution in [1.82, 2.24) is 5.32 Å². The third-order valence-electron chi connectivity index (χ3n) is 18.3. The van der Waals surface area contributed by atoms with Crippen LogP contribution in [-0.4, -0.2) is 47.4 Å². The summed E-state index contributed by atoms with van der Waals surface area (Å²) < 4.78 is 5.51. The maximum absolute atomic E-state index is 12.5. The molecular weight excluding hydrogens is 1020 g/mol. The molecule has 0 saturated heterocycles. The van der Waals surface area contributed by atoms with Crippen LogP contribution in [0.5, 0.6) is 0 Å². The number of carbonyl (C=O) groups excluding carboxylic acids is 2. The number of allylic oxidation sites excluding steroid dienone is 1. The molecule has 6 nitrogen and oxygen atoms in total. The van der Waals surface area contributed by atoms with Gasteiger partial charge < -0.3 is 20.3 Å². The van der Waals surface area contributed by atoms with Crippen molar-refractivity contribution >= 4 is 11.9 Å². The second-order valence-electron chi connectivity index (χ2n) is 26.7. The summed E-state index contributed by atoms with van der Waals surface area (Å²) in [6.45, 7) is 4.96. The van der Waals surface area contributed by atoms with E-state index in [-0.39, 0.29) is 18.5 Å². The Balaban J connectivity index is 3.32. The predicted molar refractivity (Wildman–Crippen MR) is 366 cm³/mol. The molecule has 0 saturated carbocycles. The third kappa shape index (κ3) is 69.6. The lowest BCUT2D eigenvalue weighted by Gasteiger charge is -2.20. The largest absolute Gasteiger partial charge is 0.466 e. The van der Waals surface area contributed by atoms with E-state index in [1.807, 2.05) is 6.08 Å². The standard InChI is InChI=1S/C77H151NO5/c1-3-5-7-9-11-13-15-17-19-20-38-42-45-49-53-57-61-65-69-75(80)74(73-79)78-76(81)70-66-62-58-54-50-46-43-39-36-34-32-30-28-26-24-22-21-23-25-27-29-31-33-35-37-40-44-48-52-56-60-64-68-72-83-77(82)71-67-63-59-55-51-47-41-18-16-14-12-10-8-6-4-2/h65,69,74-75,79-80H,3-64,66-68,70-73H2,1-2H3,(H,78,81)/b69-65+. The normalized spacial score (nSPS) is 12.5. The molecule has 0 aliphatic rings. The van der Waals surface area contributed by atoms with E-state index in [4.69, 9.17) is 4.74 Å². The quantitative estimate of drug-likeness (QED) is 0.0320. The van der Waals surface area contributed by atoms with E-state index in [1.165, 1.54) is 379 Å². The second kappa shape index (κ2) is 73.1. The number of ether oxygens (including phenoxy) is 1. The van der Waals surface area contributed by atoms with Crippen LogP contribution >= 0.6 is 0 Å². The smallest absolute Gasteiger partial charge is 0.305 e. The summed E-state index contributed by atoms with van der Waals surface area (Å²) in [5.41, 5.74) is 0. The molecule has 0 aromatic heterocycles. The van der Waals surface area contributed by atoms with Crippen LogP contribution in [0.4, 0.5) is 0 Å². The van der Waals surface area contributed by atoms with Crippen LogP contribution in [0.2, 0.25) is 0 Å². The summed E-state index contributed by atoms with van der Waals surface area (Å²) in [5, 5.41) is 23.2. The van der Waals surface area contributed by atoms with Crippen LogP contribution in [0.3, 0.4) is 0 Å². The number of hydrogen-bond acceptors (Lipinski definition) is 5. The molecule has 0 bridgehead atoms. The maximum atomic E-state index is 12.5. The van der Waals surface area contributed by atoms with Crippen LogP contribution in [0, 0.1) is 0 Å². The number of rotatable bonds is 73. The minimum Gasteiger partial charge on any atom is -0.466 e. The van der Waals surface area contributed by atoms with Gasteiger partial charge >= 0.3 is 5.97 Å². The molecule has 2 atom stereocenters. The predicted octanol–water partition coefficient (Wildman–Crippen LogP) is 25.1. The molecular formula is C77H151NO5. The minimum absolute atomic E-state index is 0.0255. The van der Waals surface area contributed by atoms with E-state index >= 15 is 0 Å². The molecule has 0 aliphatic heterocycles. The average Bonchev–Trinajstić information content (AvgIpc) is 3.49. The monoisotopic (exact) mass is 1170 g/mol. The molecule has 3 N–H and O–H groups in total. The highest BCUT2D eigenvalue weighted by atomic mass is 16.5. The molecule has 0 spiro atoms. The number of aliphatic hydroxyl groups excluding tert-OH is 2. The average molecular weight is 1170 g/mol. The molecule has 0 aromatic rings. The summed E-state index contributed by atoms with van der Waals surface area (Å²) >= 11 is 0. The molecule has 0 aromatic carbocycles. The fourth-order valence-corrected chi connectivity index (χ4v) is 12.5. The van der Waals surface area contributed by atoms with Gasteiger partial charge in [-0.25, -0.2) is 0 Å². The first-order valence-electron chi connectivity index (χ1n) is 38.5. The summed E-state index contributed by atoms with van der Waals surface area (Å²) in [7, 11) is 0. The Kier molecular flexibility index (Phi) is 71.8. The number of aliphatic hydroxyl groups is 2. The van der Waals surface area contributed by atoms with Gasteiger partial charge in [0.2, 0.25) is 5.91 Å². The fourth-order valence-electron chi connectivity index (χ4n) is 12.5. The summed E-state index contributed by atoms with van der Waals surface area (Å²) in [5.74, 6) is -0.0333. The molecule has 0 radical (unpaired) electrons.